The summed E-state index contributed by atoms with van der Waals surface area (Å²) >= 11 is 0. The first-order valence-corrected chi connectivity index (χ1v) is 8.60. The van der Waals surface area contributed by atoms with E-state index in [-0.39, 0.29) is 0 Å². The summed E-state index contributed by atoms with van der Waals surface area (Å²) < 4.78 is 0. The summed E-state index contributed by atoms with van der Waals surface area (Å²) in [5, 5.41) is 5.96. The fourth-order valence-corrected chi connectivity index (χ4v) is 3.40. The van der Waals surface area contributed by atoms with Gasteiger partial charge in [-0.25, -0.2) is 9.97 Å². The molecule has 24 heavy (non-hydrogen) atoms. The van der Waals surface area contributed by atoms with Crippen molar-refractivity contribution in [1.82, 2.24) is 15.3 Å². The second-order valence-electron chi connectivity index (χ2n) is 6.29. The monoisotopic (exact) mass is 318 g/mol. The summed E-state index contributed by atoms with van der Waals surface area (Å²) in [7, 11) is 0. The van der Waals surface area contributed by atoms with E-state index in [9.17, 15) is 0 Å². The molecule has 0 amide bonds. The van der Waals surface area contributed by atoms with E-state index in [2.05, 4.69) is 58.5 Å². The molecular formula is C20H22N4. The minimum absolute atomic E-state index is 0.813. The minimum Gasteiger partial charge on any atom is -0.355 e. The molecule has 4 nitrogen and oxygen atoms in total. The van der Waals surface area contributed by atoms with Crippen LogP contribution in [0, 0.1) is 6.92 Å². The second kappa shape index (κ2) is 6.57. The molecule has 2 aromatic carbocycles. The fraction of sp³-hybridized carbons (Fsp3) is 0.300. The molecule has 122 valence electrons. The summed E-state index contributed by atoms with van der Waals surface area (Å²) in [4.78, 5) is 11.8. The maximum atomic E-state index is 4.86. The van der Waals surface area contributed by atoms with Gasteiger partial charge in [-0.15, -0.1) is 0 Å². The highest BCUT2D eigenvalue weighted by Crippen LogP contribution is 2.28. The average molecular weight is 318 g/mol. The van der Waals surface area contributed by atoms with Crippen molar-refractivity contribution < 1.29 is 0 Å². The van der Waals surface area contributed by atoms with E-state index in [0.717, 1.165) is 49.8 Å². The molecule has 1 saturated heterocycles. The van der Waals surface area contributed by atoms with Crippen LogP contribution in [-0.4, -0.2) is 36.1 Å². The summed E-state index contributed by atoms with van der Waals surface area (Å²) in [6.45, 7) is 6.28. The number of rotatable bonds is 2. The molecular weight excluding hydrogens is 296 g/mol. The molecule has 0 radical (unpaired) electrons. The molecule has 2 heterocycles. The Kier molecular flexibility index (Phi) is 4.13. The topological polar surface area (TPSA) is 41.1 Å². The van der Waals surface area contributed by atoms with Crippen LogP contribution in [0.2, 0.25) is 0 Å². The van der Waals surface area contributed by atoms with Crippen LogP contribution in [0.25, 0.3) is 22.2 Å². The third-order valence-electron chi connectivity index (χ3n) is 4.74. The van der Waals surface area contributed by atoms with Gasteiger partial charge in [0.2, 0.25) is 0 Å². The zero-order valence-corrected chi connectivity index (χ0v) is 14.0. The molecule has 3 aromatic rings. The van der Waals surface area contributed by atoms with Crippen molar-refractivity contribution in [2.24, 2.45) is 0 Å². The zero-order valence-electron chi connectivity index (χ0n) is 14.0. The van der Waals surface area contributed by atoms with Gasteiger partial charge in [-0.2, -0.15) is 0 Å². The van der Waals surface area contributed by atoms with Gasteiger partial charge in [0.1, 0.15) is 5.82 Å². The van der Waals surface area contributed by atoms with Gasteiger partial charge in [0, 0.05) is 31.4 Å². The minimum atomic E-state index is 0.813. The van der Waals surface area contributed by atoms with E-state index in [4.69, 9.17) is 4.98 Å². The lowest BCUT2D eigenvalue weighted by Gasteiger charge is -2.21. The van der Waals surface area contributed by atoms with Crippen LogP contribution in [0.3, 0.4) is 0 Å². The molecule has 4 heteroatoms. The standard InChI is InChI=1S/C20H22N4/c1-15-17-6-3-2-5-16(17)7-8-18(15)20-22-11-9-19(23-20)24-13-4-10-21-12-14-24/h2-3,5-9,11,21H,4,10,12-14H2,1H3. The highest BCUT2D eigenvalue weighted by atomic mass is 15.2. The third-order valence-corrected chi connectivity index (χ3v) is 4.74. The molecule has 0 unspecified atom stereocenters. The van der Waals surface area contributed by atoms with Crippen molar-refractivity contribution in [2.45, 2.75) is 13.3 Å². The summed E-state index contributed by atoms with van der Waals surface area (Å²) in [6.07, 6.45) is 3.03. The van der Waals surface area contributed by atoms with Crippen molar-refractivity contribution in [2.75, 3.05) is 31.1 Å². The van der Waals surface area contributed by atoms with Gasteiger partial charge >= 0.3 is 0 Å². The highest BCUT2D eigenvalue weighted by molar-refractivity contribution is 5.90. The van der Waals surface area contributed by atoms with Crippen molar-refractivity contribution in [3.8, 4) is 11.4 Å². The molecule has 0 spiro atoms. The van der Waals surface area contributed by atoms with Crippen molar-refractivity contribution in [1.29, 1.82) is 0 Å². The van der Waals surface area contributed by atoms with Crippen LogP contribution in [0.15, 0.2) is 48.7 Å². The molecule has 1 N–H and O–H groups in total. The Morgan fingerprint density at radius 1 is 1.00 bits per heavy atom. The van der Waals surface area contributed by atoms with Crippen LogP contribution >= 0.6 is 0 Å². The Bertz CT molecular complexity index is 851. The van der Waals surface area contributed by atoms with Crippen molar-refractivity contribution >= 4 is 16.6 Å². The highest BCUT2D eigenvalue weighted by Gasteiger charge is 2.13. The molecule has 0 aliphatic carbocycles. The maximum absolute atomic E-state index is 4.86. The van der Waals surface area contributed by atoms with Crippen LogP contribution in [-0.2, 0) is 0 Å². The maximum Gasteiger partial charge on any atom is 0.161 e. The predicted molar refractivity (Wildman–Crippen MR) is 99.4 cm³/mol. The van der Waals surface area contributed by atoms with Gasteiger partial charge in [0.05, 0.1) is 0 Å². The van der Waals surface area contributed by atoms with E-state index in [1.54, 1.807) is 0 Å². The first kappa shape index (κ1) is 15.1. The lowest BCUT2D eigenvalue weighted by atomic mass is 10.00. The van der Waals surface area contributed by atoms with Crippen LogP contribution in [0.5, 0.6) is 0 Å². The lowest BCUT2D eigenvalue weighted by Crippen LogP contribution is -2.28. The average Bonchev–Trinajstić information content (AvgIpc) is 2.92. The molecule has 0 saturated carbocycles. The first-order valence-electron chi connectivity index (χ1n) is 8.60. The molecule has 1 aromatic heterocycles. The third kappa shape index (κ3) is 2.85. The number of aryl methyl sites for hydroxylation is 1. The number of nitrogens with zero attached hydrogens (tertiary/aromatic N) is 3. The lowest BCUT2D eigenvalue weighted by molar-refractivity contribution is 0.724. The van der Waals surface area contributed by atoms with E-state index in [1.807, 2.05) is 12.3 Å². The van der Waals surface area contributed by atoms with Crippen molar-refractivity contribution in [3.63, 3.8) is 0 Å². The SMILES string of the molecule is Cc1c(-c2nccc(N3CCCNCC3)n2)ccc2ccccc12. The van der Waals surface area contributed by atoms with Gasteiger partial charge in [0.15, 0.2) is 5.82 Å². The first-order chi connectivity index (χ1) is 11.8. The van der Waals surface area contributed by atoms with Gasteiger partial charge in [-0.1, -0.05) is 36.4 Å². The number of benzene rings is 2. The summed E-state index contributed by atoms with van der Waals surface area (Å²) in [6, 6.07) is 14.8. The van der Waals surface area contributed by atoms with E-state index >= 15 is 0 Å². The fourth-order valence-electron chi connectivity index (χ4n) is 3.40. The molecule has 1 fully saturated rings. The Morgan fingerprint density at radius 3 is 2.88 bits per heavy atom. The summed E-state index contributed by atoms with van der Waals surface area (Å²) in [5.41, 5.74) is 2.35. The number of nitrogens with one attached hydrogen (secondary N) is 1. The van der Waals surface area contributed by atoms with Gasteiger partial charge in [-0.3, -0.25) is 0 Å². The normalized spacial score (nSPS) is 15.5. The Labute approximate surface area is 142 Å². The Balaban J connectivity index is 1.74. The van der Waals surface area contributed by atoms with Gasteiger partial charge < -0.3 is 10.2 Å². The predicted octanol–water partition coefficient (Wildman–Crippen LogP) is 3.40. The van der Waals surface area contributed by atoms with Crippen molar-refractivity contribution in [3.05, 3.63) is 54.2 Å². The number of hydrogen-bond donors (Lipinski definition) is 1. The van der Waals surface area contributed by atoms with E-state index < -0.39 is 0 Å². The van der Waals surface area contributed by atoms with E-state index in [1.165, 1.54) is 16.3 Å². The second-order valence-corrected chi connectivity index (χ2v) is 6.29. The molecule has 1 aliphatic heterocycles. The Morgan fingerprint density at radius 2 is 1.92 bits per heavy atom. The quantitative estimate of drug-likeness (QED) is 0.786. The smallest absolute Gasteiger partial charge is 0.161 e. The van der Waals surface area contributed by atoms with Crippen LogP contribution < -0.4 is 10.2 Å². The molecule has 0 bridgehead atoms. The largest absolute Gasteiger partial charge is 0.355 e. The van der Waals surface area contributed by atoms with Gasteiger partial charge in [-0.05, 0) is 42.3 Å². The van der Waals surface area contributed by atoms with E-state index in [0.29, 0.717) is 0 Å². The van der Waals surface area contributed by atoms with Gasteiger partial charge in [0.25, 0.3) is 0 Å². The summed E-state index contributed by atoms with van der Waals surface area (Å²) in [5.74, 6) is 1.84. The molecule has 0 atom stereocenters. The molecule has 4 rings (SSSR count). The zero-order chi connectivity index (χ0) is 16.4. The number of fused-ring (bicyclic) bond motifs is 1. The van der Waals surface area contributed by atoms with Crippen LogP contribution in [0.4, 0.5) is 5.82 Å². The Hall–Kier alpha value is -2.46. The number of anilines is 1. The molecule has 1 aliphatic rings. The number of aromatic nitrogens is 2. The number of hydrogen-bond acceptors (Lipinski definition) is 4. The van der Waals surface area contributed by atoms with Crippen LogP contribution in [0.1, 0.15) is 12.0 Å².